The monoisotopic (exact) mass is 264 g/mol. The topological polar surface area (TPSA) is 110 Å². The van der Waals surface area contributed by atoms with Crippen LogP contribution in [0.1, 0.15) is 12.8 Å². The summed E-state index contributed by atoms with van der Waals surface area (Å²) in [7, 11) is 0. The van der Waals surface area contributed by atoms with Crippen LogP contribution in [0, 0.1) is 10.1 Å². The van der Waals surface area contributed by atoms with Crippen LogP contribution in [0.3, 0.4) is 0 Å². The Labute approximate surface area is 110 Å². The van der Waals surface area contributed by atoms with Crippen LogP contribution in [0.2, 0.25) is 0 Å². The molecule has 1 aliphatic rings. The minimum absolute atomic E-state index is 0.117. The number of hydrogen-bond acceptors (Lipinski definition) is 7. The third kappa shape index (κ3) is 2.72. The van der Waals surface area contributed by atoms with E-state index >= 15 is 0 Å². The molecule has 0 bridgehead atoms. The number of anilines is 3. The number of nitrogens with two attached hydrogens (primary N) is 1. The number of nitrogens with zero attached hydrogens (tertiary/aromatic N) is 4. The molecular formula is C11H16N6O2. The summed E-state index contributed by atoms with van der Waals surface area (Å²) < 4.78 is 0. The average Bonchev–Trinajstić information content (AvgIpc) is 2.88. The lowest BCUT2D eigenvalue weighted by Gasteiger charge is -2.17. The van der Waals surface area contributed by atoms with Crippen molar-refractivity contribution in [3.05, 3.63) is 22.8 Å². The van der Waals surface area contributed by atoms with E-state index in [4.69, 9.17) is 5.73 Å². The van der Waals surface area contributed by atoms with E-state index < -0.39 is 4.92 Å². The van der Waals surface area contributed by atoms with Crippen LogP contribution in [0.15, 0.2) is 12.7 Å². The summed E-state index contributed by atoms with van der Waals surface area (Å²) in [5.41, 5.74) is 5.46. The molecule has 1 aliphatic heterocycles. The first-order valence-corrected chi connectivity index (χ1v) is 6.05. The van der Waals surface area contributed by atoms with Gasteiger partial charge in [0, 0.05) is 19.6 Å². The second kappa shape index (κ2) is 5.51. The van der Waals surface area contributed by atoms with Gasteiger partial charge in [-0.05, 0) is 12.8 Å². The minimum Gasteiger partial charge on any atom is -0.378 e. The number of nitrogens with one attached hydrogen (secondary N) is 1. The molecule has 0 saturated carbocycles. The van der Waals surface area contributed by atoms with Gasteiger partial charge in [0.1, 0.15) is 0 Å². The summed E-state index contributed by atoms with van der Waals surface area (Å²) >= 11 is 0. The zero-order valence-electron chi connectivity index (χ0n) is 10.5. The predicted octanol–water partition coefficient (Wildman–Crippen LogP) is 1.17. The molecule has 2 heterocycles. The van der Waals surface area contributed by atoms with Crippen molar-refractivity contribution in [2.45, 2.75) is 12.8 Å². The van der Waals surface area contributed by atoms with Crippen molar-refractivity contribution in [3.63, 3.8) is 0 Å². The van der Waals surface area contributed by atoms with Crippen molar-refractivity contribution in [2.75, 3.05) is 35.6 Å². The summed E-state index contributed by atoms with van der Waals surface area (Å²) in [6, 6.07) is 0. The summed E-state index contributed by atoms with van der Waals surface area (Å²) in [5, 5.41) is 14.0. The molecular weight excluding hydrogens is 248 g/mol. The molecule has 3 N–H and O–H groups in total. The smallest absolute Gasteiger partial charge is 0.353 e. The summed E-state index contributed by atoms with van der Waals surface area (Å²) in [5.74, 6) is 0.458. The van der Waals surface area contributed by atoms with E-state index in [1.165, 1.54) is 0 Å². The highest BCUT2D eigenvalue weighted by molar-refractivity contribution is 5.71. The van der Waals surface area contributed by atoms with Crippen LogP contribution in [0.4, 0.5) is 23.3 Å². The van der Waals surface area contributed by atoms with Gasteiger partial charge < -0.3 is 16.0 Å². The number of nitro groups is 1. The van der Waals surface area contributed by atoms with Gasteiger partial charge in [0.15, 0.2) is 0 Å². The van der Waals surface area contributed by atoms with Crippen molar-refractivity contribution in [2.24, 2.45) is 0 Å². The van der Waals surface area contributed by atoms with Gasteiger partial charge in [0.25, 0.3) is 0 Å². The first kappa shape index (κ1) is 13.1. The third-order valence-corrected chi connectivity index (χ3v) is 2.89. The van der Waals surface area contributed by atoms with Gasteiger partial charge in [-0.3, -0.25) is 10.1 Å². The van der Waals surface area contributed by atoms with E-state index in [0.717, 1.165) is 25.9 Å². The second-order valence-corrected chi connectivity index (χ2v) is 4.23. The van der Waals surface area contributed by atoms with Crippen LogP contribution in [-0.4, -0.2) is 34.5 Å². The van der Waals surface area contributed by atoms with Crippen LogP contribution in [0.25, 0.3) is 0 Å². The Bertz CT molecular complexity index is 498. The van der Waals surface area contributed by atoms with Crippen molar-refractivity contribution >= 4 is 23.3 Å². The minimum atomic E-state index is -0.528. The van der Waals surface area contributed by atoms with Crippen molar-refractivity contribution in [1.29, 1.82) is 0 Å². The standard InChI is InChI=1S/C11H16N6O2/c1-2-5-13-11-14-9(12)8(17(18)19)10(15-11)16-6-3-4-7-16/h2H,1,3-7H2,(H3,12,13,14,15). The summed E-state index contributed by atoms with van der Waals surface area (Å²) in [4.78, 5) is 20.6. The fraction of sp³-hybridized carbons (Fsp3) is 0.455. The van der Waals surface area contributed by atoms with Gasteiger partial charge in [-0.25, -0.2) is 0 Å². The fourth-order valence-corrected chi connectivity index (χ4v) is 2.03. The zero-order chi connectivity index (χ0) is 13.8. The number of nitrogen functional groups attached to an aromatic ring is 1. The lowest BCUT2D eigenvalue weighted by atomic mass is 10.4. The number of aromatic nitrogens is 2. The van der Waals surface area contributed by atoms with E-state index in [2.05, 4.69) is 21.9 Å². The van der Waals surface area contributed by atoms with Crippen LogP contribution in [0.5, 0.6) is 0 Å². The molecule has 8 nitrogen and oxygen atoms in total. The highest BCUT2D eigenvalue weighted by Crippen LogP contribution is 2.33. The first-order valence-electron chi connectivity index (χ1n) is 6.05. The molecule has 19 heavy (non-hydrogen) atoms. The predicted molar refractivity (Wildman–Crippen MR) is 73.2 cm³/mol. The fourth-order valence-electron chi connectivity index (χ4n) is 2.03. The van der Waals surface area contributed by atoms with Crippen molar-refractivity contribution in [1.82, 2.24) is 9.97 Å². The van der Waals surface area contributed by atoms with Gasteiger partial charge in [-0.15, -0.1) is 6.58 Å². The lowest BCUT2D eigenvalue weighted by molar-refractivity contribution is -0.383. The van der Waals surface area contributed by atoms with Gasteiger partial charge in [-0.1, -0.05) is 6.08 Å². The van der Waals surface area contributed by atoms with E-state index in [1.807, 2.05) is 4.90 Å². The summed E-state index contributed by atoms with van der Waals surface area (Å²) in [6.07, 6.45) is 3.64. The molecule has 1 fully saturated rings. The molecule has 1 aromatic heterocycles. The Kier molecular flexibility index (Phi) is 3.79. The first-order chi connectivity index (χ1) is 9.13. The molecule has 0 atom stereocenters. The van der Waals surface area contributed by atoms with E-state index in [-0.39, 0.29) is 17.5 Å². The molecule has 0 aliphatic carbocycles. The van der Waals surface area contributed by atoms with E-state index in [1.54, 1.807) is 6.08 Å². The molecule has 8 heteroatoms. The SMILES string of the molecule is C=CCNc1nc(N)c([N+](=O)[O-])c(N2CCCC2)n1. The highest BCUT2D eigenvalue weighted by atomic mass is 16.6. The van der Waals surface area contributed by atoms with Gasteiger partial charge in [-0.2, -0.15) is 9.97 Å². The Hall–Kier alpha value is -2.38. The van der Waals surface area contributed by atoms with Crippen LogP contribution >= 0.6 is 0 Å². The Balaban J connectivity index is 2.42. The molecule has 0 spiro atoms. The molecule has 0 amide bonds. The Morgan fingerprint density at radius 1 is 1.47 bits per heavy atom. The number of hydrogen-bond donors (Lipinski definition) is 2. The lowest BCUT2D eigenvalue weighted by Crippen LogP contribution is -2.22. The van der Waals surface area contributed by atoms with Gasteiger partial charge in [0.2, 0.25) is 17.6 Å². The Morgan fingerprint density at radius 2 is 2.16 bits per heavy atom. The van der Waals surface area contributed by atoms with E-state index in [9.17, 15) is 10.1 Å². The van der Waals surface area contributed by atoms with Gasteiger partial charge in [0.05, 0.1) is 4.92 Å². The molecule has 0 unspecified atom stereocenters. The molecule has 0 aromatic carbocycles. The molecule has 1 saturated heterocycles. The molecule has 2 rings (SSSR count). The van der Waals surface area contributed by atoms with Crippen molar-refractivity contribution < 1.29 is 4.92 Å². The summed E-state index contributed by atoms with van der Waals surface area (Å²) in [6.45, 7) is 5.54. The van der Waals surface area contributed by atoms with Crippen molar-refractivity contribution in [3.8, 4) is 0 Å². The second-order valence-electron chi connectivity index (χ2n) is 4.23. The highest BCUT2D eigenvalue weighted by Gasteiger charge is 2.28. The number of rotatable bonds is 5. The average molecular weight is 264 g/mol. The van der Waals surface area contributed by atoms with E-state index in [0.29, 0.717) is 12.4 Å². The van der Waals surface area contributed by atoms with Gasteiger partial charge >= 0.3 is 5.69 Å². The van der Waals surface area contributed by atoms with Crippen LogP contribution < -0.4 is 16.0 Å². The quantitative estimate of drug-likeness (QED) is 0.466. The zero-order valence-corrected chi connectivity index (χ0v) is 10.5. The Morgan fingerprint density at radius 3 is 2.74 bits per heavy atom. The molecule has 102 valence electrons. The molecule has 0 radical (unpaired) electrons. The normalized spacial score (nSPS) is 14.4. The molecule has 1 aromatic rings. The van der Waals surface area contributed by atoms with Crippen LogP contribution in [-0.2, 0) is 0 Å². The maximum absolute atomic E-state index is 11.1. The third-order valence-electron chi connectivity index (χ3n) is 2.89. The maximum Gasteiger partial charge on any atom is 0.353 e. The maximum atomic E-state index is 11.1. The largest absolute Gasteiger partial charge is 0.378 e.